The molecule has 0 saturated heterocycles. The second kappa shape index (κ2) is 7.24. The van der Waals surface area contributed by atoms with E-state index < -0.39 is 10.0 Å². The Bertz CT molecular complexity index is 1200. The Labute approximate surface area is 163 Å². The summed E-state index contributed by atoms with van der Waals surface area (Å²) in [5, 5.41) is 4.21. The Hall–Kier alpha value is -2.93. The van der Waals surface area contributed by atoms with Crippen molar-refractivity contribution in [1.82, 2.24) is 9.78 Å². The van der Waals surface area contributed by atoms with Gasteiger partial charge in [-0.2, -0.15) is 5.10 Å². The molecule has 1 aliphatic rings. The van der Waals surface area contributed by atoms with Crippen LogP contribution in [0.25, 0.3) is 11.3 Å². The number of benzene rings is 2. The molecule has 0 saturated carbocycles. The Morgan fingerprint density at radius 3 is 2.54 bits per heavy atom. The van der Waals surface area contributed by atoms with Crippen molar-refractivity contribution in [2.75, 3.05) is 4.72 Å². The topological polar surface area (TPSA) is 81.1 Å². The summed E-state index contributed by atoms with van der Waals surface area (Å²) in [4.78, 5) is 11.8. The minimum absolute atomic E-state index is 0.201. The fourth-order valence-electron chi connectivity index (χ4n) is 3.49. The van der Waals surface area contributed by atoms with Crippen LogP contribution in [0.3, 0.4) is 0 Å². The van der Waals surface area contributed by atoms with Crippen LogP contribution in [0.15, 0.2) is 64.3 Å². The normalized spacial score (nSPS) is 13.8. The third-order valence-corrected chi connectivity index (χ3v) is 6.38. The third kappa shape index (κ3) is 3.71. The first-order chi connectivity index (χ1) is 13.4. The molecule has 1 N–H and O–H groups in total. The molecule has 0 amide bonds. The lowest BCUT2D eigenvalue weighted by atomic mass is 9.92. The highest BCUT2D eigenvalue weighted by molar-refractivity contribution is 7.92. The maximum Gasteiger partial charge on any atom is 0.266 e. The van der Waals surface area contributed by atoms with E-state index in [1.165, 1.54) is 16.3 Å². The molecule has 0 fully saturated rings. The van der Waals surface area contributed by atoms with Crippen molar-refractivity contribution in [3.8, 4) is 11.3 Å². The fraction of sp³-hybridized carbons (Fsp3) is 0.238. The van der Waals surface area contributed by atoms with E-state index in [1.807, 2.05) is 12.1 Å². The highest BCUT2D eigenvalue weighted by atomic mass is 32.2. The minimum Gasteiger partial charge on any atom is -0.280 e. The molecule has 144 valence electrons. The van der Waals surface area contributed by atoms with Gasteiger partial charge in [0.05, 0.1) is 10.6 Å². The molecule has 1 heterocycles. The zero-order chi connectivity index (χ0) is 19.7. The van der Waals surface area contributed by atoms with Crippen LogP contribution in [0.1, 0.15) is 24.0 Å². The quantitative estimate of drug-likeness (QED) is 0.736. The van der Waals surface area contributed by atoms with Gasteiger partial charge in [-0.05, 0) is 67.1 Å². The Balaban J connectivity index is 1.63. The summed E-state index contributed by atoms with van der Waals surface area (Å²) in [6, 6.07) is 15.4. The van der Waals surface area contributed by atoms with E-state index >= 15 is 0 Å². The molecular formula is C21H21N3O3S. The van der Waals surface area contributed by atoms with E-state index in [4.69, 9.17) is 0 Å². The summed E-state index contributed by atoms with van der Waals surface area (Å²) in [7, 11) is -2.11. The standard InChI is InChI=1S/C21H21N3O3S/c1-24-21(25)12-11-20(22-24)17-7-4-8-18(13-17)23-28(26,27)19-10-9-15-5-2-3-6-16(15)14-19/h4,7-14,23H,2-3,5-6H2,1H3. The minimum atomic E-state index is -3.69. The molecule has 0 radical (unpaired) electrons. The number of sulfonamides is 1. The van der Waals surface area contributed by atoms with Crippen molar-refractivity contribution >= 4 is 15.7 Å². The summed E-state index contributed by atoms with van der Waals surface area (Å²) in [5.74, 6) is 0. The molecule has 28 heavy (non-hydrogen) atoms. The lowest BCUT2D eigenvalue weighted by molar-refractivity contribution is 0.600. The van der Waals surface area contributed by atoms with Crippen LogP contribution in [-0.4, -0.2) is 18.2 Å². The highest BCUT2D eigenvalue weighted by Crippen LogP contribution is 2.26. The van der Waals surface area contributed by atoms with Gasteiger partial charge >= 0.3 is 0 Å². The van der Waals surface area contributed by atoms with E-state index in [9.17, 15) is 13.2 Å². The van der Waals surface area contributed by atoms with Crippen molar-refractivity contribution in [3.05, 3.63) is 76.1 Å². The Kier molecular flexibility index (Phi) is 4.77. The first kappa shape index (κ1) is 18.4. The second-order valence-electron chi connectivity index (χ2n) is 7.00. The zero-order valence-electron chi connectivity index (χ0n) is 15.6. The summed E-state index contributed by atoms with van der Waals surface area (Å²) >= 11 is 0. The van der Waals surface area contributed by atoms with Crippen LogP contribution >= 0.6 is 0 Å². The van der Waals surface area contributed by atoms with E-state index in [1.54, 1.807) is 43.4 Å². The molecule has 0 unspecified atom stereocenters. The third-order valence-electron chi connectivity index (χ3n) is 5.00. The number of aryl methyl sites for hydroxylation is 3. The average Bonchev–Trinajstić information content (AvgIpc) is 2.69. The molecule has 2 aromatic carbocycles. The number of aromatic nitrogens is 2. The number of anilines is 1. The molecule has 1 aliphatic carbocycles. The number of nitrogens with zero attached hydrogens (tertiary/aromatic N) is 2. The van der Waals surface area contributed by atoms with Crippen LogP contribution in [0.4, 0.5) is 5.69 Å². The number of fused-ring (bicyclic) bond motifs is 1. The van der Waals surface area contributed by atoms with Gasteiger partial charge in [0.2, 0.25) is 0 Å². The summed E-state index contributed by atoms with van der Waals surface area (Å²) < 4.78 is 29.6. The maximum absolute atomic E-state index is 12.9. The lowest BCUT2D eigenvalue weighted by Gasteiger charge is -2.17. The molecule has 7 heteroatoms. The van der Waals surface area contributed by atoms with E-state index in [0.29, 0.717) is 11.4 Å². The molecule has 4 rings (SSSR count). The summed E-state index contributed by atoms with van der Waals surface area (Å²) in [5.41, 5.74) is 3.93. The molecule has 1 aromatic heterocycles. The molecule has 0 aliphatic heterocycles. The summed E-state index contributed by atoms with van der Waals surface area (Å²) in [6.45, 7) is 0. The van der Waals surface area contributed by atoms with Crippen LogP contribution in [0, 0.1) is 0 Å². The van der Waals surface area contributed by atoms with E-state index in [2.05, 4.69) is 9.82 Å². The van der Waals surface area contributed by atoms with Gasteiger partial charge in [-0.15, -0.1) is 0 Å². The monoisotopic (exact) mass is 395 g/mol. The summed E-state index contributed by atoms with van der Waals surface area (Å²) in [6.07, 6.45) is 4.19. The molecule has 6 nitrogen and oxygen atoms in total. The maximum atomic E-state index is 12.9. The van der Waals surface area contributed by atoms with Crippen molar-refractivity contribution < 1.29 is 8.42 Å². The van der Waals surface area contributed by atoms with Gasteiger partial charge in [-0.1, -0.05) is 18.2 Å². The molecular weight excluding hydrogens is 374 g/mol. The largest absolute Gasteiger partial charge is 0.280 e. The van der Waals surface area contributed by atoms with Gasteiger partial charge in [0.15, 0.2) is 0 Å². The number of nitrogens with one attached hydrogen (secondary N) is 1. The van der Waals surface area contributed by atoms with Gasteiger partial charge in [0.25, 0.3) is 15.6 Å². The SMILES string of the molecule is Cn1nc(-c2cccc(NS(=O)(=O)c3ccc4c(c3)CCCC4)c2)ccc1=O. The predicted octanol–water partition coefficient (Wildman–Crippen LogP) is 3.13. The number of hydrogen-bond donors (Lipinski definition) is 1. The molecule has 0 atom stereocenters. The van der Waals surface area contributed by atoms with Gasteiger partial charge in [-0.25, -0.2) is 13.1 Å². The van der Waals surface area contributed by atoms with Crippen LogP contribution in [0.2, 0.25) is 0 Å². The van der Waals surface area contributed by atoms with Gasteiger partial charge in [-0.3, -0.25) is 9.52 Å². The first-order valence-corrected chi connectivity index (χ1v) is 10.7. The van der Waals surface area contributed by atoms with Crippen LogP contribution in [-0.2, 0) is 29.9 Å². The Morgan fingerprint density at radius 2 is 1.75 bits per heavy atom. The van der Waals surface area contributed by atoms with Gasteiger partial charge < -0.3 is 0 Å². The van der Waals surface area contributed by atoms with Gasteiger partial charge in [0, 0.05) is 24.4 Å². The molecule has 0 bridgehead atoms. The highest BCUT2D eigenvalue weighted by Gasteiger charge is 2.18. The van der Waals surface area contributed by atoms with E-state index in [0.717, 1.165) is 36.8 Å². The second-order valence-corrected chi connectivity index (χ2v) is 8.69. The first-order valence-electron chi connectivity index (χ1n) is 9.22. The number of rotatable bonds is 4. The smallest absolute Gasteiger partial charge is 0.266 e. The van der Waals surface area contributed by atoms with Crippen molar-refractivity contribution in [1.29, 1.82) is 0 Å². The van der Waals surface area contributed by atoms with Crippen molar-refractivity contribution in [3.63, 3.8) is 0 Å². The predicted molar refractivity (Wildman–Crippen MR) is 109 cm³/mol. The van der Waals surface area contributed by atoms with Gasteiger partial charge in [0.1, 0.15) is 0 Å². The molecule has 0 spiro atoms. The molecule has 3 aromatic rings. The van der Waals surface area contributed by atoms with Crippen LogP contribution in [0.5, 0.6) is 0 Å². The van der Waals surface area contributed by atoms with Crippen LogP contribution < -0.4 is 10.3 Å². The number of hydrogen-bond acceptors (Lipinski definition) is 4. The van der Waals surface area contributed by atoms with E-state index in [-0.39, 0.29) is 10.5 Å². The average molecular weight is 395 g/mol. The zero-order valence-corrected chi connectivity index (χ0v) is 16.4. The lowest BCUT2D eigenvalue weighted by Crippen LogP contribution is -2.18. The van der Waals surface area contributed by atoms with Crippen molar-refractivity contribution in [2.45, 2.75) is 30.6 Å². The fourth-order valence-corrected chi connectivity index (χ4v) is 4.59. The van der Waals surface area contributed by atoms with Crippen molar-refractivity contribution in [2.24, 2.45) is 7.05 Å². The Morgan fingerprint density at radius 1 is 0.964 bits per heavy atom.